The Hall–Kier alpha value is -2.65. The van der Waals surface area contributed by atoms with E-state index in [9.17, 15) is 29.6 Å². The molecule has 3 atom stereocenters. The zero-order chi connectivity index (χ0) is 32.4. The van der Waals surface area contributed by atoms with Gasteiger partial charge in [0.25, 0.3) is 0 Å². The first kappa shape index (κ1) is 35.2. The van der Waals surface area contributed by atoms with E-state index in [-0.39, 0.29) is 43.8 Å². The first-order valence-electron chi connectivity index (χ1n) is 15.6. The van der Waals surface area contributed by atoms with E-state index < -0.39 is 36.3 Å². The van der Waals surface area contributed by atoms with Gasteiger partial charge in [-0.3, -0.25) is 4.79 Å². The van der Waals surface area contributed by atoms with Crippen molar-refractivity contribution in [2.45, 2.75) is 68.9 Å². The van der Waals surface area contributed by atoms with Crippen LogP contribution >= 0.6 is 11.6 Å². The molecule has 0 saturated carbocycles. The molecular weight excluding hydrogens is 609 g/mol. The molecule has 3 unspecified atom stereocenters. The third-order valence-corrected chi connectivity index (χ3v) is 8.92. The Morgan fingerprint density at radius 2 is 1.80 bits per heavy atom. The van der Waals surface area contributed by atoms with Crippen LogP contribution in [0.5, 0.6) is 5.75 Å². The van der Waals surface area contributed by atoms with Gasteiger partial charge in [0.05, 0.1) is 48.8 Å². The van der Waals surface area contributed by atoms with Crippen molar-refractivity contribution >= 4 is 23.5 Å². The van der Waals surface area contributed by atoms with Crippen molar-refractivity contribution < 1.29 is 39.5 Å². The van der Waals surface area contributed by atoms with E-state index in [1.54, 1.807) is 29.4 Å². The van der Waals surface area contributed by atoms with E-state index in [1.165, 1.54) is 6.07 Å². The van der Waals surface area contributed by atoms with Crippen molar-refractivity contribution in [2.24, 2.45) is 5.92 Å². The first-order valence-corrected chi connectivity index (χ1v) is 15.9. The van der Waals surface area contributed by atoms with Gasteiger partial charge in [-0.15, -0.1) is 0 Å². The number of nitrogens with one attached hydrogen (secondary N) is 1. The molecule has 6 N–H and O–H groups in total. The number of benzene rings is 1. The minimum absolute atomic E-state index is 0.0937. The summed E-state index contributed by atoms with van der Waals surface area (Å²) in [6.45, 7) is 2.19. The van der Waals surface area contributed by atoms with Crippen LogP contribution in [0.15, 0.2) is 30.6 Å². The van der Waals surface area contributed by atoms with Gasteiger partial charge in [0.15, 0.2) is 0 Å². The zero-order valence-corrected chi connectivity index (χ0v) is 26.2. The van der Waals surface area contributed by atoms with Gasteiger partial charge < -0.3 is 45.4 Å². The van der Waals surface area contributed by atoms with Crippen molar-refractivity contribution in [3.63, 3.8) is 0 Å². The van der Waals surface area contributed by atoms with Gasteiger partial charge in [-0.2, -0.15) is 0 Å². The lowest BCUT2D eigenvalue weighted by molar-refractivity contribution is -0.134. The summed E-state index contributed by atoms with van der Waals surface area (Å²) in [4.78, 5) is 25.2. The summed E-state index contributed by atoms with van der Waals surface area (Å²) < 4.78 is 20.6. The maximum Gasteiger partial charge on any atom is 0.227 e. The van der Waals surface area contributed by atoms with Gasteiger partial charge in [0.2, 0.25) is 11.9 Å². The summed E-state index contributed by atoms with van der Waals surface area (Å²) in [5.74, 6) is 0.988. The number of carbonyl (C=O) groups is 1. The topological polar surface area (TPSA) is 172 Å². The van der Waals surface area contributed by atoms with Crippen molar-refractivity contribution in [3.05, 3.63) is 47.0 Å². The minimum Gasteiger partial charge on any atom is -0.493 e. The standard InChI is InChI=1S/C31H45ClFN5O7/c32-23-16-35-30(36-17-23)38-9-5-21(6-10-38)2-1-13-45-24-4-3-22(25(33)15-24)14-28(42)37-11-7-31(44,8-12-37)20-34-18-26(40)29(43)27(41)19-39/h3-4,15-17,21,26-27,29,34,39-41,43-44H,1-2,5-14,18-20H2. The number of likely N-dealkylation sites (tertiary alicyclic amines) is 1. The van der Waals surface area contributed by atoms with Gasteiger partial charge >= 0.3 is 0 Å². The predicted molar refractivity (Wildman–Crippen MR) is 166 cm³/mol. The largest absolute Gasteiger partial charge is 0.493 e. The van der Waals surface area contributed by atoms with Crippen LogP contribution in [0.1, 0.15) is 44.1 Å². The van der Waals surface area contributed by atoms with Crippen LogP contribution < -0.4 is 15.0 Å². The van der Waals surface area contributed by atoms with E-state index in [1.807, 2.05) is 0 Å². The Kier molecular flexibility index (Phi) is 13.1. The molecule has 2 fully saturated rings. The Bertz CT molecular complexity index is 1210. The van der Waals surface area contributed by atoms with Crippen molar-refractivity contribution in [1.82, 2.24) is 20.2 Å². The van der Waals surface area contributed by atoms with Gasteiger partial charge in [0, 0.05) is 45.3 Å². The SMILES string of the molecule is O=C(Cc1ccc(OCCCC2CCN(c3ncc(Cl)cn3)CC2)cc1F)N1CCC(O)(CNCC(O)C(O)C(O)CO)CC1. The maximum atomic E-state index is 14.8. The first-order chi connectivity index (χ1) is 21.6. The number of piperidine rings is 2. The fourth-order valence-electron chi connectivity index (χ4n) is 5.78. The Morgan fingerprint density at radius 3 is 2.44 bits per heavy atom. The molecule has 1 aromatic heterocycles. The van der Waals surface area contributed by atoms with Crippen LogP contribution in [0, 0.1) is 11.7 Å². The predicted octanol–water partition coefficient (Wildman–Crippen LogP) is 0.905. The number of anilines is 1. The zero-order valence-electron chi connectivity index (χ0n) is 25.4. The van der Waals surface area contributed by atoms with Crippen LogP contribution in [-0.4, -0.2) is 123 Å². The number of nitrogens with zero attached hydrogens (tertiary/aromatic N) is 4. The van der Waals surface area contributed by atoms with Crippen molar-refractivity contribution in [1.29, 1.82) is 0 Å². The molecule has 12 nitrogen and oxygen atoms in total. The van der Waals surface area contributed by atoms with E-state index in [2.05, 4.69) is 20.2 Å². The average molecular weight is 654 g/mol. The van der Waals surface area contributed by atoms with Crippen LogP contribution in [0.25, 0.3) is 0 Å². The lowest BCUT2D eigenvalue weighted by atomic mass is 9.91. The highest BCUT2D eigenvalue weighted by Crippen LogP contribution is 2.26. The molecule has 0 radical (unpaired) electrons. The summed E-state index contributed by atoms with van der Waals surface area (Å²) in [7, 11) is 0. The normalized spacial score (nSPS) is 19.3. The summed E-state index contributed by atoms with van der Waals surface area (Å²) in [6, 6.07) is 4.58. The summed E-state index contributed by atoms with van der Waals surface area (Å²) in [6.07, 6.45) is 3.36. The third kappa shape index (κ3) is 10.4. The fourth-order valence-corrected chi connectivity index (χ4v) is 5.87. The van der Waals surface area contributed by atoms with Gasteiger partial charge in [-0.1, -0.05) is 17.7 Å². The molecule has 2 aliphatic heterocycles. The molecule has 2 aromatic rings. The summed E-state index contributed by atoms with van der Waals surface area (Å²) >= 11 is 5.88. The highest BCUT2D eigenvalue weighted by atomic mass is 35.5. The summed E-state index contributed by atoms with van der Waals surface area (Å²) in [5, 5.41) is 52.2. The van der Waals surface area contributed by atoms with Crippen LogP contribution in [0.2, 0.25) is 5.02 Å². The molecule has 2 aliphatic rings. The Morgan fingerprint density at radius 1 is 1.11 bits per heavy atom. The molecule has 4 rings (SSSR count). The van der Waals surface area contributed by atoms with Crippen LogP contribution in [-0.2, 0) is 11.2 Å². The molecule has 3 heterocycles. The molecule has 0 aliphatic carbocycles. The average Bonchev–Trinajstić information content (AvgIpc) is 3.04. The molecule has 1 amide bonds. The molecule has 0 spiro atoms. The van der Waals surface area contributed by atoms with Crippen LogP contribution in [0.3, 0.4) is 0 Å². The van der Waals surface area contributed by atoms with E-state index >= 15 is 0 Å². The number of aromatic nitrogens is 2. The molecular formula is C31H45ClFN5O7. The number of hydrogen-bond donors (Lipinski definition) is 6. The fraction of sp³-hybridized carbons (Fsp3) is 0.645. The second-order valence-electron chi connectivity index (χ2n) is 12.1. The number of amides is 1. The number of hydrogen-bond acceptors (Lipinski definition) is 11. The van der Waals surface area contributed by atoms with Gasteiger partial charge in [0.1, 0.15) is 23.8 Å². The van der Waals surface area contributed by atoms with E-state index in [4.69, 9.17) is 21.4 Å². The second-order valence-corrected chi connectivity index (χ2v) is 12.5. The smallest absolute Gasteiger partial charge is 0.227 e. The number of carbonyl (C=O) groups excluding carboxylic acids is 1. The molecule has 2 saturated heterocycles. The quantitative estimate of drug-likeness (QED) is 0.151. The van der Waals surface area contributed by atoms with Crippen molar-refractivity contribution in [2.75, 3.05) is 57.4 Å². The molecule has 250 valence electrons. The van der Waals surface area contributed by atoms with E-state index in [0.29, 0.717) is 42.3 Å². The summed E-state index contributed by atoms with van der Waals surface area (Å²) in [5.41, 5.74) is -0.839. The van der Waals surface area contributed by atoms with Gasteiger partial charge in [-0.25, -0.2) is 14.4 Å². The highest BCUT2D eigenvalue weighted by molar-refractivity contribution is 6.30. The monoisotopic (exact) mass is 653 g/mol. The van der Waals surface area contributed by atoms with Gasteiger partial charge in [-0.05, 0) is 56.1 Å². The Balaban J connectivity index is 1.12. The number of aliphatic hydroxyl groups excluding tert-OH is 4. The Labute approximate surface area is 267 Å². The van der Waals surface area contributed by atoms with Crippen LogP contribution in [0.4, 0.5) is 10.3 Å². The second kappa shape index (κ2) is 16.8. The minimum atomic E-state index is -1.52. The molecule has 1 aromatic carbocycles. The lowest BCUT2D eigenvalue weighted by Gasteiger charge is -2.38. The van der Waals surface area contributed by atoms with E-state index in [0.717, 1.165) is 38.8 Å². The number of halogens is 2. The molecule has 14 heteroatoms. The number of ether oxygens (including phenoxy) is 1. The lowest BCUT2D eigenvalue weighted by Crippen LogP contribution is -2.53. The molecule has 0 bridgehead atoms. The highest BCUT2D eigenvalue weighted by Gasteiger charge is 2.34. The maximum absolute atomic E-state index is 14.8. The van der Waals surface area contributed by atoms with Crippen molar-refractivity contribution in [3.8, 4) is 5.75 Å². The number of rotatable bonds is 15. The molecule has 45 heavy (non-hydrogen) atoms. The number of aliphatic hydroxyl groups is 5. The third-order valence-electron chi connectivity index (χ3n) is 8.73.